The lowest BCUT2D eigenvalue weighted by atomic mass is 9.91. The molecule has 0 aromatic carbocycles. The number of hydrogen-bond donors (Lipinski definition) is 0. The molecule has 178 valence electrons. The van der Waals surface area contributed by atoms with Crippen LogP contribution in [0.2, 0.25) is 0 Å². The average molecular weight is 474 g/mol. The first-order chi connectivity index (χ1) is 13.4. The van der Waals surface area contributed by atoms with Gasteiger partial charge >= 0.3 is 35.5 Å². The van der Waals surface area contributed by atoms with Crippen LogP contribution in [0.25, 0.3) is 0 Å². The summed E-state index contributed by atoms with van der Waals surface area (Å²) < 4.78 is 180. The van der Waals surface area contributed by atoms with Gasteiger partial charge in [0.05, 0.1) is 26.4 Å². The first-order valence-corrected chi connectivity index (χ1v) is 8.06. The Morgan fingerprint density at radius 3 is 1.03 bits per heavy atom. The SMILES string of the molecule is FC(F)(COCC1CO1)C(F)(F)C(F)(F)C(F)(F)C(F)(F)C(F)(F)COCC1CO1. The van der Waals surface area contributed by atoms with Crippen molar-refractivity contribution >= 4 is 0 Å². The van der Waals surface area contributed by atoms with Crippen molar-refractivity contribution in [3.63, 3.8) is 0 Å². The molecular weight excluding hydrogens is 460 g/mol. The maximum Gasteiger partial charge on any atom is 0.384 e. The van der Waals surface area contributed by atoms with Crippen LogP contribution in [0.15, 0.2) is 0 Å². The van der Waals surface area contributed by atoms with Crippen molar-refractivity contribution < 1.29 is 71.6 Å². The molecule has 0 aromatic rings. The minimum Gasteiger partial charge on any atom is -0.372 e. The third-order valence-electron chi connectivity index (χ3n) is 4.08. The number of halogens is 12. The van der Waals surface area contributed by atoms with Crippen LogP contribution < -0.4 is 0 Å². The van der Waals surface area contributed by atoms with Gasteiger partial charge in [0.1, 0.15) is 25.4 Å². The van der Waals surface area contributed by atoms with Gasteiger partial charge in [-0.3, -0.25) is 0 Å². The van der Waals surface area contributed by atoms with Gasteiger partial charge in [0.2, 0.25) is 0 Å². The zero-order valence-corrected chi connectivity index (χ0v) is 14.6. The number of alkyl halides is 12. The van der Waals surface area contributed by atoms with Gasteiger partial charge in [-0.2, -0.15) is 52.7 Å². The van der Waals surface area contributed by atoms with Crippen molar-refractivity contribution in [3.8, 4) is 0 Å². The predicted octanol–water partition coefficient (Wildman–Crippen LogP) is 3.63. The van der Waals surface area contributed by atoms with E-state index >= 15 is 0 Å². The smallest absolute Gasteiger partial charge is 0.372 e. The molecule has 2 unspecified atom stereocenters. The average Bonchev–Trinajstić information content (AvgIpc) is 3.48. The minimum absolute atomic E-state index is 0.0353. The Hall–Kier alpha value is -1.00. The second-order valence-corrected chi connectivity index (χ2v) is 6.65. The van der Waals surface area contributed by atoms with Crippen molar-refractivity contribution in [3.05, 3.63) is 0 Å². The van der Waals surface area contributed by atoms with Crippen molar-refractivity contribution in [2.45, 2.75) is 47.7 Å². The molecule has 0 N–H and O–H groups in total. The monoisotopic (exact) mass is 474 g/mol. The van der Waals surface area contributed by atoms with Gasteiger partial charge in [0.15, 0.2) is 0 Å². The molecule has 30 heavy (non-hydrogen) atoms. The Kier molecular flexibility index (Phi) is 6.61. The first kappa shape index (κ1) is 25.3. The second-order valence-electron chi connectivity index (χ2n) is 6.65. The van der Waals surface area contributed by atoms with Gasteiger partial charge in [-0.15, -0.1) is 0 Å². The van der Waals surface area contributed by atoms with E-state index in [1.54, 1.807) is 0 Å². The lowest BCUT2D eigenvalue weighted by Crippen LogP contribution is -2.71. The Morgan fingerprint density at radius 2 is 0.800 bits per heavy atom. The Bertz CT molecular complexity index is 552. The Labute approximate surface area is 160 Å². The van der Waals surface area contributed by atoms with E-state index in [4.69, 9.17) is 0 Å². The molecule has 0 aliphatic carbocycles. The Morgan fingerprint density at radius 1 is 0.533 bits per heavy atom. The van der Waals surface area contributed by atoms with Crippen molar-refractivity contribution in [1.82, 2.24) is 0 Å². The van der Waals surface area contributed by atoms with Crippen LogP contribution in [0.3, 0.4) is 0 Å². The van der Waals surface area contributed by atoms with Crippen molar-refractivity contribution in [2.24, 2.45) is 0 Å². The topological polar surface area (TPSA) is 43.5 Å². The highest BCUT2D eigenvalue weighted by atomic mass is 19.4. The quantitative estimate of drug-likeness (QED) is 0.302. The van der Waals surface area contributed by atoms with Crippen LogP contribution in [0.1, 0.15) is 0 Å². The maximum absolute atomic E-state index is 13.6. The van der Waals surface area contributed by atoms with Crippen LogP contribution in [0.5, 0.6) is 0 Å². The van der Waals surface area contributed by atoms with Gasteiger partial charge in [-0.25, -0.2) is 0 Å². The maximum atomic E-state index is 13.6. The highest BCUT2D eigenvalue weighted by Gasteiger charge is 2.90. The molecule has 2 heterocycles. The molecule has 0 saturated carbocycles. The molecule has 2 aliphatic rings. The highest BCUT2D eigenvalue weighted by Crippen LogP contribution is 2.60. The Balaban J connectivity index is 2.18. The molecule has 0 radical (unpaired) electrons. The van der Waals surface area contributed by atoms with Crippen LogP contribution in [0.4, 0.5) is 52.7 Å². The summed E-state index contributed by atoms with van der Waals surface area (Å²) in [7, 11) is 0. The summed E-state index contributed by atoms with van der Waals surface area (Å²) in [6.07, 6.45) is -1.64. The molecule has 2 atom stereocenters. The number of ether oxygens (including phenoxy) is 4. The molecule has 2 saturated heterocycles. The summed E-state index contributed by atoms with van der Waals surface area (Å²) in [5.74, 6) is -41.9. The standard InChI is InChI=1S/C14H14F12O4/c15-9(16,5-27-1-7-3-29-7)11(19,20)13(23,24)14(25,26)12(21,22)10(17,18)6-28-2-8-4-30-8/h7-8H,1-6H2. The number of hydrogen-bond acceptors (Lipinski definition) is 4. The predicted molar refractivity (Wildman–Crippen MR) is 70.8 cm³/mol. The molecule has 0 aromatic heterocycles. The fourth-order valence-electron chi connectivity index (χ4n) is 2.00. The molecule has 0 bridgehead atoms. The fourth-order valence-corrected chi connectivity index (χ4v) is 2.00. The summed E-state index contributed by atoms with van der Waals surface area (Å²) in [6, 6.07) is 0. The first-order valence-electron chi connectivity index (χ1n) is 8.06. The van der Waals surface area contributed by atoms with E-state index in [2.05, 4.69) is 18.9 Å². The van der Waals surface area contributed by atoms with Gasteiger partial charge in [0.25, 0.3) is 0 Å². The highest BCUT2D eigenvalue weighted by molar-refractivity contribution is 5.11. The van der Waals surface area contributed by atoms with E-state index in [1.807, 2.05) is 0 Å². The number of epoxide rings is 2. The normalized spacial score (nSPS) is 23.6. The minimum atomic E-state index is -7.62. The van der Waals surface area contributed by atoms with Crippen LogP contribution >= 0.6 is 0 Å². The van der Waals surface area contributed by atoms with E-state index in [-0.39, 0.29) is 13.2 Å². The summed E-state index contributed by atoms with van der Waals surface area (Å²) >= 11 is 0. The van der Waals surface area contributed by atoms with E-state index < -0.39 is 74.2 Å². The third kappa shape index (κ3) is 4.46. The summed E-state index contributed by atoms with van der Waals surface area (Å²) in [4.78, 5) is 0. The van der Waals surface area contributed by atoms with E-state index in [9.17, 15) is 52.7 Å². The lowest BCUT2D eigenvalue weighted by molar-refractivity contribution is -0.429. The van der Waals surface area contributed by atoms with E-state index in [0.717, 1.165) is 0 Å². The van der Waals surface area contributed by atoms with Gasteiger partial charge < -0.3 is 18.9 Å². The lowest BCUT2D eigenvalue weighted by Gasteiger charge is -2.41. The molecule has 2 fully saturated rings. The summed E-state index contributed by atoms with van der Waals surface area (Å²) in [6.45, 7) is -6.84. The molecule has 16 heteroatoms. The molecule has 2 aliphatic heterocycles. The van der Waals surface area contributed by atoms with Gasteiger partial charge in [0, 0.05) is 0 Å². The molecule has 4 nitrogen and oxygen atoms in total. The number of rotatable bonds is 13. The third-order valence-corrected chi connectivity index (χ3v) is 4.08. The summed E-state index contributed by atoms with van der Waals surface area (Å²) in [5, 5.41) is 0. The van der Waals surface area contributed by atoms with Crippen molar-refractivity contribution in [2.75, 3.05) is 39.6 Å². The summed E-state index contributed by atoms with van der Waals surface area (Å²) in [5.41, 5.74) is 0. The van der Waals surface area contributed by atoms with E-state index in [1.165, 1.54) is 0 Å². The molecule has 0 amide bonds. The largest absolute Gasteiger partial charge is 0.384 e. The van der Waals surface area contributed by atoms with Crippen LogP contribution in [-0.4, -0.2) is 87.4 Å². The van der Waals surface area contributed by atoms with Crippen LogP contribution in [-0.2, 0) is 18.9 Å². The second kappa shape index (κ2) is 7.85. The van der Waals surface area contributed by atoms with Gasteiger partial charge in [-0.05, 0) is 0 Å². The molecular formula is C14H14F12O4. The zero-order chi connectivity index (χ0) is 23.2. The molecule has 0 spiro atoms. The van der Waals surface area contributed by atoms with E-state index in [0.29, 0.717) is 0 Å². The molecule has 2 rings (SSSR count). The zero-order valence-electron chi connectivity index (χ0n) is 14.6. The van der Waals surface area contributed by atoms with Gasteiger partial charge in [-0.1, -0.05) is 0 Å². The van der Waals surface area contributed by atoms with Crippen molar-refractivity contribution in [1.29, 1.82) is 0 Å². The van der Waals surface area contributed by atoms with Crippen LogP contribution in [0, 0.1) is 0 Å². The fraction of sp³-hybridized carbons (Fsp3) is 1.00.